The number of hydrogen-bond donors (Lipinski definition) is 1. The summed E-state index contributed by atoms with van der Waals surface area (Å²) in [7, 11) is 1.52. The highest BCUT2D eigenvalue weighted by Crippen LogP contribution is 2.25. The maximum absolute atomic E-state index is 13.3. The molecule has 1 heterocycles. The monoisotopic (exact) mass is 403 g/mol. The van der Waals surface area contributed by atoms with E-state index < -0.39 is 5.92 Å². The molecule has 0 radical (unpaired) electrons. The first-order chi connectivity index (χ1) is 14.4. The summed E-state index contributed by atoms with van der Waals surface area (Å²) in [5, 5.41) is 2.54. The van der Waals surface area contributed by atoms with Gasteiger partial charge in [0.25, 0.3) is 0 Å². The third-order valence-electron chi connectivity index (χ3n) is 5.23. The smallest absolute Gasteiger partial charge is 0.239 e. The van der Waals surface area contributed by atoms with Crippen molar-refractivity contribution in [2.75, 3.05) is 25.0 Å². The molecule has 154 valence electrons. The van der Waals surface area contributed by atoms with Crippen molar-refractivity contribution >= 4 is 23.4 Å². The summed E-state index contributed by atoms with van der Waals surface area (Å²) in [6, 6.07) is 14.9. The first-order valence-electron chi connectivity index (χ1n) is 9.83. The van der Waals surface area contributed by atoms with Gasteiger partial charge < -0.3 is 15.1 Å². The fraction of sp³-hybridized carbons (Fsp3) is 0.292. The zero-order valence-corrected chi connectivity index (χ0v) is 17.2. The number of benzene rings is 2. The van der Waals surface area contributed by atoms with Crippen LogP contribution in [0.25, 0.3) is 0 Å². The Morgan fingerprint density at radius 3 is 2.63 bits per heavy atom. The van der Waals surface area contributed by atoms with Crippen LogP contribution < -0.4 is 10.2 Å². The molecule has 2 aromatic carbocycles. The summed E-state index contributed by atoms with van der Waals surface area (Å²) >= 11 is 0. The van der Waals surface area contributed by atoms with E-state index in [2.05, 4.69) is 11.2 Å². The van der Waals surface area contributed by atoms with Crippen molar-refractivity contribution in [3.05, 3.63) is 65.2 Å². The third kappa shape index (κ3) is 4.87. The highest BCUT2D eigenvalue weighted by molar-refractivity contribution is 6.02. The zero-order chi connectivity index (χ0) is 21.7. The van der Waals surface area contributed by atoms with E-state index in [9.17, 15) is 14.4 Å². The minimum absolute atomic E-state index is 0.0637. The van der Waals surface area contributed by atoms with E-state index >= 15 is 0 Å². The Morgan fingerprint density at radius 1 is 1.23 bits per heavy atom. The van der Waals surface area contributed by atoms with Crippen LogP contribution >= 0.6 is 0 Å². The molecule has 1 aliphatic rings. The van der Waals surface area contributed by atoms with Crippen LogP contribution in [0.1, 0.15) is 23.1 Å². The second kappa shape index (κ2) is 9.27. The van der Waals surface area contributed by atoms with Gasteiger partial charge in [0.1, 0.15) is 6.54 Å². The Bertz CT molecular complexity index is 992. The molecule has 0 aliphatic carbocycles. The molecular weight excluding hydrogens is 378 g/mol. The van der Waals surface area contributed by atoms with Crippen LogP contribution in [0, 0.1) is 25.2 Å². The lowest BCUT2D eigenvalue weighted by molar-refractivity contribution is -0.129. The van der Waals surface area contributed by atoms with E-state index in [1.165, 1.54) is 11.9 Å². The molecule has 2 aromatic rings. The van der Waals surface area contributed by atoms with Gasteiger partial charge in [0.2, 0.25) is 17.7 Å². The molecule has 1 aliphatic heterocycles. The number of aryl methyl sites for hydroxylation is 1. The molecular formula is C24H25N3O3. The van der Waals surface area contributed by atoms with Crippen LogP contribution in [0.5, 0.6) is 0 Å². The molecule has 3 rings (SSSR count). The Labute approximate surface area is 176 Å². The van der Waals surface area contributed by atoms with Crippen LogP contribution in [-0.2, 0) is 20.9 Å². The standard InChI is InChI=1S/C24H25N3O3/c1-4-18-6-5-7-21(12-18)27(16-22(28)25-3)24(30)20-13-23(29)26(15-20)14-19-10-8-17(2)9-11-19/h1,5-12,20H,13-16H2,2-3H3,(H,25,28). The lowest BCUT2D eigenvalue weighted by Crippen LogP contribution is -2.43. The van der Waals surface area contributed by atoms with E-state index in [1.54, 1.807) is 29.2 Å². The van der Waals surface area contributed by atoms with Gasteiger partial charge in [-0.2, -0.15) is 0 Å². The Hall–Kier alpha value is -3.59. The van der Waals surface area contributed by atoms with Crippen molar-refractivity contribution in [3.8, 4) is 12.3 Å². The number of rotatable bonds is 6. The molecule has 1 saturated heterocycles. The fourth-order valence-corrected chi connectivity index (χ4v) is 3.51. The van der Waals surface area contributed by atoms with Gasteiger partial charge in [0.15, 0.2) is 0 Å². The number of carbonyl (C=O) groups excluding carboxylic acids is 3. The summed E-state index contributed by atoms with van der Waals surface area (Å²) in [6.07, 6.45) is 5.61. The number of hydrogen-bond acceptors (Lipinski definition) is 3. The lowest BCUT2D eigenvalue weighted by atomic mass is 10.1. The first kappa shape index (κ1) is 21.1. The number of likely N-dealkylation sites (tertiary alicyclic amines) is 1. The molecule has 30 heavy (non-hydrogen) atoms. The first-order valence-corrected chi connectivity index (χ1v) is 9.83. The molecule has 1 atom stereocenters. The van der Waals surface area contributed by atoms with Crippen molar-refractivity contribution in [2.45, 2.75) is 19.9 Å². The molecule has 0 saturated carbocycles. The van der Waals surface area contributed by atoms with Crippen LogP contribution in [0.3, 0.4) is 0 Å². The largest absolute Gasteiger partial charge is 0.358 e. The van der Waals surface area contributed by atoms with Gasteiger partial charge >= 0.3 is 0 Å². The summed E-state index contributed by atoms with van der Waals surface area (Å²) < 4.78 is 0. The van der Waals surface area contributed by atoms with E-state index in [-0.39, 0.29) is 30.7 Å². The molecule has 6 nitrogen and oxygen atoms in total. The number of terminal acetylenes is 1. The highest BCUT2D eigenvalue weighted by atomic mass is 16.2. The predicted molar refractivity (Wildman–Crippen MR) is 115 cm³/mol. The van der Waals surface area contributed by atoms with Crippen LogP contribution in [0.15, 0.2) is 48.5 Å². The molecule has 1 unspecified atom stereocenters. The molecule has 0 aromatic heterocycles. The number of amides is 3. The molecule has 1 fully saturated rings. The summed E-state index contributed by atoms with van der Waals surface area (Å²) in [6.45, 7) is 2.66. The Morgan fingerprint density at radius 2 is 1.97 bits per heavy atom. The lowest BCUT2D eigenvalue weighted by Gasteiger charge is -2.25. The van der Waals surface area contributed by atoms with Crippen molar-refractivity contribution in [2.24, 2.45) is 5.92 Å². The quantitative estimate of drug-likeness (QED) is 0.751. The minimum atomic E-state index is -0.512. The minimum Gasteiger partial charge on any atom is -0.358 e. The second-order valence-corrected chi connectivity index (χ2v) is 7.45. The molecule has 0 spiro atoms. The van der Waals surface area contributed by atoms with Crippen LogP contribution in [-0.4, -0.2) is 42.8 Å². The van der Waals surface area contributed by atoms with E-state index in [0.717, 1.165) is 11.1 Å². The summed E-state index contributed by atoms with van der Waals surface area (Å²) in [5.41, 5.74) is 3.33. The Balaban J connectivity index is 1.78. The topological polar surface area (TPSA) is 69.7 Å². The number of nitrogens with zero attached hydrogens (tertiary/aromatic N) is 2. The number of likely N-dealkylation sites (N-methyl/N-ethyl adjacent to an activating group) is 1. The molecule has 0 bridgehead atoms. The third-order valence-corrected chi connectivity index (χ3v) is 5.23. The van der Waals surface area contributed by atoms with E-state index in [4.69, 9.17) is 6.42 Å². The van der Waals surface area contributed by atoms with Crippen molar-refractivity contribution in [1.29, 1.82) is 0 Å². The number of anilines is 1. The van der Waals surface area contributed by atoms with Gasteiger partial charge in [-0.05, 0) is 30.7 Å². The van der Waals surface area contributed by atoms with Crippen molar-refractivity contribution in [3.63, 3.8) is 0 Å². The van der Waals surface area contributed by atoms with Crippen LogP contribution in [0.4, 0.5) is 5.69 Å². The van der Waals surface area contributed by atoms with Gasteiger partial charge in [-0.3, -0.25) is 14.4 Å². The highest BCUT2D eigenvalue weighted by Gasteiger charge is 2.37. The normalized spacial score (nSPS) is 15.6. The SMILES string of the molecule is C#Cc1cccc(N(CC(=O)NC)C(=O)C2CC(=O)N(Cc3ccc(C)cc3)C2)c1. The van der Waals surface area contributed by atoms with Gasteiger partial charge in [-0.25, -0.2) is 0 Å². The zero-order valence-electron chi connectivity index (χ0n) is 17.2. The summed E-state index contributed by atoms with van der Waals surface area (Å²) in [4.78, 5) is 41.0. The van der Waals surface area contributed by atoms with Gasteiger partial charge in [0, 0.05) is 37.8 Å². The van der Waals surface area contributed by atoms with E-state index in [0.29, 0.717) is 24.3 Å². The molecule has 3 amide bonds. The maximum Gasteiger partial charge on any atom is 0.239 e. The molecule has 6 heteroatoms. The van der Waals surface area contributed by atoms with Crippen molar-refractivity contribution in [1.82, 2.24) is 10.2 Å². The predicted octanol–water partition coefficient (Wildman–Crippen LogP) is 2.10. The van der Waals surface area contributed by atoms with Gasteiger partial charge in [0.05, 0.1) is 5.92 Å². The van der Waals surface area contributed by atoms with Gasteiger partial charge in [-0.1, -0.05) is 41.8 Å². The van der Waals surface area contributed by atoms with Crippen LogP contribution in [0.2, 0.25) is 0 Å². The van der Waals surface area contributed by atoms with Gasteiger partial charge in [-0.15, -0.1) is 6.42 Å². The number of nitrogens with one attached hydrogen (secondary N) is 1. The summed E-state index contributed by atoms with van der Waals surface area (Å²) in [5.74, 6) is 1.41. The second-order valence-electron chi connectivity index (χ2n) is 7.45. The Kier molecular flexibility index (Phi) is 6.53. The van der Waals surface area contributed by atoms with Crippen molar-refractivity contribution < 1.29 is 14.4 Å². The number of carbonyl (C=O) groups is 3. The van der Waals surface area contributed by atoms with E-state index in [1.807, 2.05) is 31.2 Å². The molecule has 1 N–H and O–H groups in total. The average Bonchev–Trinajstić information content (AvgIpc) is 3.13. The fourth-order valence-electron chi connectivity index (χ4n) is 3.51. The maximum atomic E-state index is 13.3. The average molecular weight is 403 g/mol.